The molecule has 1 heterocycles. The van der Waals surface area contributed by atoms with Crippen molar-refractivity contribution in [1.82, 2.24) is 4.98 Å². The Bertz CT molecular complexity index is 422. The molecule has 2 nitrogen and oxygen atoms in total. The summed E-state index contributed by atoms with van der Waals surface area (Å²) >= 11 is 3.85. The third-order valence-corrected chi connectivity index (χ3v) is 1.87. The first-order valence-corrected chi connectivity index (χ1v) is 4.65. The van der Waals surface area contributed by atoms with Crippen molar-refractivity contribution in [1.29, 1.82) is 0 Å². The number of alkyl halides is 3. The molecule has 0 amide bonds. The molecule has 15 heavy (non-hydrogen) atoms. The lowest BCUT2D eigenvalue weighted by Gasteiger charge is -2.05. The maximum absolute atomic E-state index is 12.3. The van der Waals surface area contributed by atoms with Gasteiger partial charge in [0, 0.05) is 17.5 Å². The van der Waals surface area contributed by atoms with Gasteiger partial charge in [-0.25, -0.2) is 0 Å². The van der Waals surface area contributed by atoms with E-state index in [-0.39, 0.29) is 5.56 Å². The van der Waals surface area contributed by atoms with Crippen LogP contribution in [-0.2, 0) is 6.18 Å². The number of hydrogen-bond acceptors (Lipinski definition) is 2. The van der Waals surface area contributed by atoms with Gasteiger partial charge in [-0.15, -0.1) is 0 Å². The Kier molecular flexibility index (Phi) is 3.62. The first-order valence-electron chi connectivity index (χ1n) is 4.02. The molecule has 0 bridgehead atoms. The number of nitrogens with one attached hydrogen (secondary N) is 1. The van der Waals surface area contributed by atoms with Crippen LogP contribution in [0.1, 0.15) is 11.1 Å². The van der Waals surface area contributed by atoms with Crippen LogP contribution < -0.4 is 5.56 Å². The molecule has 1 aromatic heterocycles. The smallest absolute Gasteiger partial charge is 0.328 e. The first-order chi connectivity index (χ1) is 6.95. The summed E-state index contributed by atoms with van der Waals surface area (Å²) in [4.78, 5) is 13.1. The molecule has 82 valence electrons. The Morgan fingerprint density at radius 3 is 2.67 bits per heavy atom. The van der Waals surface area contributed by atoms with Gasteiger partial charge < -0.3 is 4.98 Å². The predicted molar refractivity (Wildman–Crippen MR) is 55.0 cm³/mol. The molecule has 0 radical (unpaired) electrons. The van der Waals surface area contributed by atoms with E-state index in [1.165, 1.54) is 12.2 Å². The van der Waals surface area contributed by atoms with Gasteiger partial charge in [0.15, 0.2) is 0 Å². The van der Waals surface area contributed by atoms with Crippen molar-refractivity contribution in [2.45, 2.75) is 6.18 Å². The van der Waals surface area contributed by atoms with Crippen LogP contribution in [0.4, 0.5) is 13.2 Å². The molecule has 6 heteroatoms. The highest BCUT2D eigenvalue weighted by Gasteiger charge is 2.31. The molecule has 0 aliphatic carbocycles. The third kappa shape index (κ3) is 3.16. The van der Waals surface area contributed by atoms with Gasteiger partial charge in [0.05, 0.1) is 5.56 Å². The first kappa shape index (κ1) is 11.9. The molecule has 0 atom stereocenters. The van der Waals surface area contributed by atoms with Crippen molar-refractivity contribution in [2.24, 2.45) is 0 Å². The quantitative estimate of drug-likeness (QED) is 0.758. The van der Waals surface area contributed by atoms with E-state index in [1.807, 2.05) is 4.98 Å². The van der Waals surface area contributed by atoms with Crippen LogP contribution in [0.5, 0.6) is 0 Å². The van der Waals surface area contributed by atoms with Gasteiger partial charge in [0.1, 0.15) is 0 Å². The lowest BCUT2D eigenvalue weighted by molar-refractivity contribution is -0.137. The van der Waals surface area contributed by atoms with Crippen molar-refractivity contribution < 1.29 is 13.2 Å². The normalized spacial score (nSPS) is 12.3. The van der Waals surface area contributed by atoms with Crippen LogP contribution in [0, 0.1) is 0 Å². The zero-order valence-electron chi connectivity index (χ0n) is 7.51. The Labute approximate surface area is 89.2 Å². The molecule has 0 aliphatic heterocycles. The number of hydrogen-bond donors (Lipinski definition) is 2. The molecule has 1 N–H and O–H groups in total. The highest BCUT2D eigenvalue weighted by molar-refractivity contribution is 7.80. The van der Waals surface area contributed by atoms with Crippen LogP contribution in [-0.4, -0.2) is 10.7 Å². The monoisotopic (exact) mass is 235 g/mol. The lowest BCUT2D eigenvalue weighted by atomic mass is 10.2. The molecular weight excluding hydrogens is 227 g/mol. The van der Waals surface area contributed by atoms with Crippen molar-refractivity contribution >= 4 is 18.7 Å². The van der Waals surface area contributed by atoms with Crippen LogP contribution in [0.25, 0.3) is 6.08 Å². The third-order valence-electron chi connectivity index (χ3n) is 1.66. The summed E-state index contributed by atoms with van der Waals surface area (Å²) in [7, 11) is 0. The summed E-state index contributed by atoms with van der Waals surface area (Å²) in [6.07, 6.45) is -0.997. The van der Waals surface area contributed by atoms with Gasteiger partial charge in [0.2, 0.25) is 0 Å². The summed E-state index contributed by atoms with van der Waals surface area (Å²) in [5.41, 5.74) is -1.46. The van der Waals surface area contributed by atoms with Crippen molar-refractivity contribution in [3.05, 3.63) is 39.8 Å². The van der Waals surface area contributed by atoms with Crippen LogP contribution in [0.15, 0.2) is 23.1 Å². The van der Waals surface area contributed by atoms with E-state index in [4.69, 9.17) is 0 Å². The second-order valence-corrected chi connectivity index (χ2v) is 3.12. The van der Waals surface area contributed by atoms with E-state index >= 15 is 0 Å². The predicted octanol–water partition coefficient (Wildman–Crippen LogP) is 2.34. The minimum Gasteiger partial charge on any atom is -0.328 e. The molecule has 0 saturated carbocycles. The second-order valence-electron chi connectivity index (χ2n) is 2.76. The molecule has 0 unspecified atom stereocenters. The van der Waals surface area contributed by atoms with Crippen molar-refractivity contribution in [2.75, 3.05) is 5.75 Å². The van der Waals surface area contributed by atoms with Gasteiger partial charge in [-0.2, -0.15) is 25.8 Å². The molecule has 0 aromatic carbocycles. The fraction of sp³-hybridized carbons (Fsp3) is 0.222. The van der Waals surface area contributed by atoms with E-state index in [1.54, 1.807) is 0 Å². The number of thiol groups is 1. The highest BCUT2D eigenvalue weighted by atomic mass is 32.1. The molecule has 0 aliphatic rings. The number of aromatic nitrogens is 1. The van der Waals surface area contributed by atoms with E-state index in [0.717, 1.165) is 6.07 Å². The van der Waals surface area contributed by atoms with Crippen molar-refractivity contribution in [3.8, 4) is 0 Å². The van der Waals surface area contributed by atoms with E-state index in [2.05, 4.69) is 12.6 Å². The second kappa shape index (κ2) is 4.57. The van der Waals surface area contributed by atoms with E-state index < -0.39 is 17.3 Å². The zero-order valence-corrected chi connectivity index (χ0v) is 8.40. The maximum atomic E-state index is 12.3. The largest absolute Gasteiger partial charge is 0.417 e. The highest BCUT2D eigenvalue weighted by Crippen LogP contribution is 2.28. The Morgan fingerprint density at radius 1 is 1.47 bits per heavy atom. The van der Waals surface area contributed by atoms with E-state index in [0.29, 0.717) is 11.9 Å². The summed E-state index contributed by atoms with van der Waals surface area (Å²) < 4.78 is 36.8. The lowest BCUT2D eigenvalue weighted by Crippen LogP contribution is -2.14. The van der Waals surface area contributed by atoms with Crippen molar-refractivity contribution in [3.63, 3.8) is 0 Å². The number of halogens is 3. The fourth-order valence-electron chi connectivity index (χ4n) is 0.969. The summed E-state index contributed by atoms with van der Waals surface area (Å²) in [6.45, 7) is 0. The molecule has 0 spiro atoms. The van der Waals surface area contributed by atoms with Crippen LogP contribution >= 0.6 is 12.6 Å². The zero-order chi connectivity index (χ0) is 11.5. The Morgan fingerprint density at radius 2 is 2.13 bits per heavy atom. The summed E-state index contributed by atoms with van der Waals surface area (Å²) in [5, 5.41) is 0. The number of H-pyrrole nitrogens is 1. The summed E-state index contributed by atoms with van der Waals surface area (Å²) in [6, 6.07) is 0.804. The average Bonchev–Trinajstić information content (AvgIpc) is 2.15. The fourth-order valence-corrected chi connectivity index (χ4v) is 1.07. The molecule has 1 rings (SSSR count). The topological polar surface area (TPSA) is 32.9 Å². The molecule has 1 aromatic rings. The molecular formula is C9H8F3NOS. The van der Waals surface area contributed by atoms with Gasteiger partial charge in [-0.3, -0.25) is 4.79 Å². The van der Waals surface area contributed by atoms with Crippen LogP contribution in [0.2, 0.25) is 0 Å². The Hall–Kier alpha value is -1.17. The van der Waals surface area contributed by atoms with Gasteiger partial charge in [-0.1, -0.05) is 12.2 Å². The average molecular weight is 235 g/mol. The molecule has 0 fully saturated rings. The van der Waals surface area contributed by atoms with Gasteiger partial charge in [0.25, 0.3) is 5.56 Å². The maximum Gasteiger partial charge on any atom is 0.417 e. The van der Waals surface area contributed by atoms with Crippen LogP contribution in [0.3, 0.4) is 0 Å². The Balaban J connectivity index is 3.17. The number of aromatic amines is 1. The summed E-state index contributed by atoms with van der Waals surface area (Å²) in [5.74, 6) is 0.357. The minimum absolute atomic E-state index is 0.0288. The van der Waals surface area contributed by atoms with Gasteiger partial charge in [-0.05, 0) is 6.07 Å². The minimum atomic E-state index is -4.45. The standard InChI is InChI=1S/C9H8F3NOS/c10-9(11,12)7-4-6(2-1-3-15)8(14)13-5-7/h1-2,4-5,15H,3H2,(H,13,14). The SMILES string of the molecule is O=c1[nH]cc(C(F)(F)F)cc1C=CCS. The molecule has 0 saturated heterocycles. The van der Waals surface area contributed by atoms with Gasteiger partial charge >= 0.3 is 6.18 Å². The number of rotatable bonds is 2. The van der Waals surface area contributed by atoms with E-state index in [9.17, 15) is 18.0 Å². The number of pyridine rings is 1.